The largest absolute Gasteiger partial charge is 0.494 e. The first-order valence-electron chi connectivity index (χ1n) is 7.77. The van der Waals surface area contributed by atoms with Crippen LogP contribution in [0.3, 0.4) is 0 Å². The molecule has 126 valence electrons. The van der Waals surface area contributed by atoms with Crippen LogP contribution in [0.25, 0.3) is 0 Å². The zero-order chi connectivity index (χ0) is 16.8. The fourth-order valence-electron chi connectivity index (χ4n) is 3.13. The molecule has 0 amide bonds. The third-order valence-electron chi connectivity index (χ3n) is 4.21. The molecule has 1 saturated carbocycles. The normalized spacial score (nSPS) is 26.9. The second-order valence-electron chi connectivity index (χ2n) is 5.89. The minimum absolute atomic E-state index is 0.0505. The Morgan fingerprint density at radius 2 is 1.83 bits per heavy atom. The quantitative estimate of drug-likeness (QED) is 0.622. The van der Waals surface area contributed by atoms with E-state index < -0.39 is 30.0 Å². The predicted molar refractivity (Wildman–Crippen MR) is 82.0 cm³/mol. The highest BCUT2D eigenvalue weighted by atomic mass is 16.5. The SMILES string of the molecule is O=C(O)C[C@@H]1[C@@H](C(=O)CCCOc2ccccc2)[C@H](O)C[C@@H]1O. The molecular formula is C17H22O6. The van der Waals surface area contributed by atoms with Gasteiger partial charge in [0.05, 0.1) is 25.2 Å². The molecule has 0 aromatic heterocycles. The first kappa shape index (κ1) is 17.4. The Bertz CT molecular complexity index is 529. The molecule has 0 bridgehead atoms. The lowest BCUT2D eigenvalue weighted by Crippen LogP contribution is -2.31. The molecular weight excluding hydrogens is 300 g/mol. The Labute approximate surface area is 134 Å². The van der Waals surface area contributed by atoms with Crippen molar-refractivity contribution in [3.63, 3.8) is 0 Å². The van der Waals surface area contributed by atoms with Crippen LogP contribution in [0.4, 0.5) is 0 Å². The molecule has 1 aromatic rings. The predicted octanol–water partition coefficient (Wildman–Crippen LogP) is 1.25. The van der Waals surface area contributed by atoms with Gasteiger partial charge in [0.25, 0.3) is 0 Å². The summed E-state index contributed by atoms with van der Waals surface area (Å²) in [6.07, 6.45) is -1.51. The highest BCUT2D eigenvalue weighted by Gasteiger charge is 2.45. The van der Waals surface area contributed by atoms with Gasteiger partial charge in [0.2, 0.25) is 0 Å². The number of carbonyl (C=O) groups excluding carboxylic acids is 1. The number of ketones is 1. The van der Waals surface area contributed by atoms with E-state index >= 15 is 0 Å². The summed E-state index contributed by atoms with van der Waals surface area (Å²) < 4.78 is 5.50. The van der Waals surface area contributed by atoms with Crippen molar-refractivity contribution in [1.82, 2.24) is 0 Å². The summed E-state index contributed by atoms with van der Waals surface area (Å²) in [6.45, 7) is 0.366. The molecule has 1 aliphatic carbocycles. The lowest BCUT2D eigenvalue weighted by Gasteiger charge is -2.20. The van der Waals surface area contributed by atoms with E-state index in [9.17, 15) is 19.8 Å². The lowest BCUT2D eigenvalue weighted by molar-refractivity contribution is -0.140. The molecule has 0 spiro atoms. The number of ether oxygens (including phenoxy) is 1. The fourth-order valence-corrected chi connectivity index (χ4v) is 3.13. The van der Waals surface area contributed by atoms with Gasteiger partial charge in [-0.15, -0.1) is 0 Å². The number of benzene rings is 1. The minimum atomic E-state index is -1.08. The van der Waals surface area contributed by atoms with Crippen molar-refractivity contribution in [2.45, 2.75) is 37.9 Å². The van der Waals surface area contributed by atoms with E-state index in [0.29, 0.717) is 13.0 Å². The van der Waals surface area contributed by atoms with Crippen LogP contribution in [0.2, 0.25) is 0 Å². The van der Waals surface area contributed by atoms with E-state index in [1.54, 1.807) is 0 Å². The molecule has 6 heteroatoms. The highest BCUT2D eigenvalue weighted by molar-refractivity contribution is 5.83. The van der Waals surface area contributed by atoms with Crippen molar-refractivity contribution in [3.8, 4) is 5.75 Å². The Morgan fingerprint density at radius 1 is 1.13 bits per heavy atom. The molecule has 3 N–H and O–H groups in total. The van der Waals surface area contributed by atoms with Gasteiger partial charge in [-0.05, 0) is 18.6 Å². The molecule has 1 aliphatic rings. The molecule has 0 radical (unpaired) electrons. The summed E-state index contributed by atoms with van der Waals surface area (Å²) in [5, 5.41) is 28.7. The minimum Gasteiger partial charge on any atom is -0.494 e. The van der Waals surface area contributed by atoms with Gasteiger partial charge in [-0.1, -0.05) is 18.2 Å². The molecule has 6 nitrogen and oxygen atoms in total. The van der Waals surface area contributed by atoms with Crippen molar-refractivity contribution in [2.75, 3.05) is 6.61 Å². The maximum Gasteiger partial charge on any atom is 0.303 e. The smallest absolute Gasteiger partial charge is 0.303 e. The van der Waals surface area contributed by atoms with Gasteiger partial charge in [-0.3, -0.25) is 9.59 Å². The molecule has 0 saturated heterocycles. The number of hydrogen-bond acceptors (Lipinski definition) is 5. The van der Waals surface area contributed by atoms with Crippen molar-refractivity contribution in [1.29, 1.82) is 0 Å². The zero-order valence-electron chi connectivity index (χ0n) is 12.8. The molecule has 4 atom stereocenters. The van der Waals surface area contributed by atoms with Crippen molar-refractivity contribution < 1.29 is 29.6 Å². The lowest BCUT2D eigenvalue weighted by atomic mass is 9.85. The van der Waals surface area contributed by atoms with Gasteiger partial charge >= 0.3 is 5.97 Å². The maximum atomic E-state index is 12.3. The summed E-state index contributed by atoms with van der Waals surface area (Å²) in [7, 11) is 0. The Morgan fingerprint density at radius 3 is 2.48 bits per heavy atom. The molecule has 0 unspecified atom stereocenters. The molecule has 1 aromatic carbocycles. The number of carboxylic acid groups (broad SMARTS) is 1. The first-order chi connectivity index (χ1) is 11.0. The van der Waals surface area contributed by atoms with E-state index in [1.165, 1.54) is 0 Å². The van der Waals surface area contributed by atoms with Crippen molar-refractivity contribution in [3.05, 3.63) is 30.3 Å². The number of Topliss-reactive ketones (excluding diaryl/α,β-unsaturated/α-hetero) is 1. The van der Waals surface area contributed by atoms with E-state index in [-0.39, 0.29) is 25.0 Å². The van der Waals surface area contributed by atoms with Gasteiger partial charge in [0.15, 0.2) is 0 Å². The topological polar surface area (TPSA) is 104 Å². The maximum absolute atomic E-state index is 12.3. The number of aliphatic hydroxyl groups is 2. The van der Waals surface area contributed by atoms with Crippen molar-refractivity contribution >= 4 is 11.8 Å². The Balaban J connectivity index is 1.82. The molecule has 2 rings (SSSR count). The Kier molecular flexibility index (Phi) is 6.12. The molecule has 0 heterocycles. The third-order valence-corrected chi connectivity index (χ3v) is 4.21. The van der Waals surface area contributed by atoms with Gasteiger partial charge in [0.1, 0.15) is 11.5 Å². The number of carboxylic acids is 1. The number of carbonyl (C=O) groups is 2. The van der Waals surface area contributed by atoms with Crippen LogP contribution in [0.1, 0.15) is 25.7 Å². The first-order valence-corrected chi connectivity index (χ1v) is 7.77. The van der Waals surface area contributed by atoms with E-state index in [4.69, 9.17) is 9.84 Å². The van der Waals surface area contributed by atoms with Crippen LogP contribution in [0.15, 0.2) is 30.3 Å². The summed E-state index contributed by atoms with van der Waals surface area (Å²) in [4.78, 5) is 23.2. The second-order valence-corrected chi connectivity index (χ2v) is 5.89. The monoisotopic (exact) mass is 322 g/mol. The molecule has 1 fully saturated rings. The molecule has 23 heavy (non-hydrogen) atoms. The average molecular weight is 322 g/mol. The van der Waals surface area contributed by atoms with Crippen LogP contribution in [0.5, 0.6) is 5.75 Å². The van der Waals surface area contributed by atoms with Gasteiger partial charge in [-0.25, -0.2) is 0 Å². The fraction of sp³-hybridized carbons (Fsp3) is 0.529. The highest BCUT2D eigenvalue weighted by Crippen LogP contribution is 2.36. The summed E-state index contributed by atoms with van der Waals surface area (Å²) in [6, 6.07) is 9.23. The summed E-state index contributed by atoms with van der Waals surface area (Å²) >= 11 is 0. The van der Waals surface area contributed by atoms with Crippen LogP contribution >= 0.6 is 0 Å². The number of hydrogen-bond donors (Lipinski definition) is 3. The van der Waals surface area contributed by atoms with Crippen LogP contribution in [0, 0.1) is 11.8 Å². The van der Waals surface area contributed by atoms with E-state index in [0.717, 1.165) is 5.75 Å². The summed E-state index contributed by atoms with van der Waals surface area (Å²) in [5.41, 5.74) is 0. The number of rotatable bonds is 8. The zero-order valence-corrected chi connectivity index (χ0v) is 12.8. The average Bonchev–Trinajstić information content (AvgIpc) is 2.78. The Hall–Kier alpha value is -1.92. The van der Waals surface area contributed by atoms with Crippen LogP contribution in [-0.2, 0) is 9.59 Å². The van der Waals surface area contributed by atoms with E-state index in [2.05, 4.69) is 0 Å². The van der Waals surface area contributed by atoms with Gasteiger partial charge in [0, 0.05) is 24.7 Å². The third kappa shape index (κ3) is 4.77. The summed E-state index contributed by atoms with van der Waals surface area (Å²) in [5.74, 6) is -2.09. The number of aliphatic carboxylic acids is 1. The second kappa shape index (κ2) is 8.08. The number of aliphatic hydroxyl groups excluding tert-OH is 2. The van der Waals surface area contributed by atoms with Gasteiger partial charge < -0.3 is 20.1 Å². The van der Waals surface area contributed by atoms with Gasteiger partial charge in [-0.2, -0.15) is 0 Å². The van der Waals surface area contributed by atoms with Crippen LogP contribution < -0.4 is 4.74 Å². The number of para-hydroxylation sites is 1. The van der Waals surface area contributed by atoms with Crippen LogP contribution in [-0.4, -0.2) is 45.9 Å². The standard InChI is InChI=1S/C17H22O6/c18-13(7-4-8-23-11-5-2-1-3-6-11)17-12(9-16(21)22)14(19)10-15(17)20/h1-3,5-6,12,14-15,17,19-20H,4,7-10H2,(H,21,22)/t12-,14-,15+,17-/m0/s1. The van der Waals surface area contributed by atoms with E-state index in [1.807, 2.05) is 30.3 Å². The molecule has 0 aliphatic heterocycles. The van der Waals surface area contributed by atoms with Crippen molar-refractivity contribution in [2.24, 2.45) is 11.8 Å².